The molecule has 2 N–H and O–H groups in total. The van der Waals surface area contributed by atoms with Crippen LogP contribution in [0.1, 0.15) is 29.6 Å². The van der Waals surface area contributed by atoms with Gasteiger partial charge in [-0.1, -0.05) is 0 Å². The minimum atomic E-state index is -0.848. The van der Waals surface area contributed by atoms with E-state index in [1.807, 2.05) is 0 Å². The summed E-state index contributed by atoms with van der Waals surface area (Å²) in [6.07, 6.45) is 2.35. The maximum absolute atomic E-state index is 12.5. The van der Waals surface area contributed by atoms with Gasteiger partial charge in [-0.25, -0.2) is 4.98 Å². The molecule has 0 saturated carbocycles. The molecule has 1 aromatic rings. The van der Waals surface area contributed by atoms with E-state index in [0.29, 0.717) is 19.4 Å². The van der Waals surface area contributed by atoms with Crippen LogP contribution in [0, 0.1) is 5.95 Å². The van der Waals surface area contributed by atoms with Crippen molar-refractivity contribution >= 4 is 11.9 Å². The number of pyridine rings is 1. The number of carbonyl (C=O) groups excluding carboxylic acids is 1. The van der Waals surface area contributed by atoms with Gasteiger partial charge in [0.05, 0.1) is 5.56 Å². The third-order valence-corrected chi connectivity index (χ3v) is 2.09. The highest BCUT2D eigenvalue weighted by molar-refractivity contribution is 5.93. The highest BCUT2D eigenvalue weighted by atomic mass is 19.1. The molecule has 5 nitrogen and oxygen atoms in total. The molecule has 1 amide bonds. The standard InChI is InChI=1S/C11H13FN2O3/c12-9-5-4-8(7-14-9)11(17)13-6-2-1-3-10(15)16/h4-5,7H,1-3,6H2,(H,13,17)(H,15,16). The van der Waals surface area contributed by atoms with Gasteiger partial charge in [0.1, 0.15) is 0 Å². The van der Waals surface area contributed by atoms with Gasteiger partial charge >= 0.3 is 5.97 Å². The number of carboxylic acids is 1. The molecule has 0 radical (unpaired) electrons. The van der Waals surface area contributed by atoms with E-state index in [1.54, 1.807) is 0 Å². The summed E-state index contributed by atoms with van der Waals surface area (Å²) < 4.78 is 12.5. The van der Waals surface area contributed by atoms with Crippen molar-refractivity contribution in [3.05, 3.63) is 29.8 Å². The van der Waals surface area contributed by atoms with Gasteiger partial charge in [0, 0.05) is 19.2 Å². The minimum Gasteiger partial charge on any atom is -0.481 e. The van der Waals surface area contributed by atoms with Crippen LogP contribution < -0.4 is 5.32 Å². The number of hydrogen-bond acceptors (Lipinski definition) is 3. The molecular weight excluding hydrogens is 227 g/mol. The molecule has 0 atom stereocenters. The predicted octanol–water partition coefficient (Wildman–Crippen LogP) is 1.21. The smallest absolute Gasteiger partial charge is 0.303 e. The summed E-state index contributed by atoms with van der Waals surface area (Å²) in [5.74, 6) is -1.82. The highest BCUT2D eigenvalue weighted by Gasteiger charge is 2.05. The molecule has 0 aliphatic heterocycles. The SMILES string of the molecule is O=C(O)CCCCNC(=O)c1ccc(F)nc1. The lowest BCUT2D eigenvalue weighted by molar-refractivity contribution is -0.137. The lowest BCUT2D eigenvalue weighted by atomic mass is 10.2. The summed E-state index contributed by atoms with van der Waals surface area (Å²) >= 11 is 0. The number of carboxylic acid groups (broad SMARTS) is 1. The number of amides is 1. The maximum Gasteiger partial charge on any atom is 0.303 e. The molecule has 0 unspecified atom stereocenters. The second-order valence-electron chi connectivity index (χ2n) is 3.48. The average molecular weight is 240 g/mol. The Bertz CT molecular complexity index is 392. The van der Waals surface area contributed by atoms with Gasteiger partial charge in [-0.15, -0.1) is 0 Å². The summed E-state index contributed by atoms with van der Waals surface area (Å²) in [5.41, 5.74) is 0.282. The average Bonchev–Trinajstić information content (AvgIpc) is 2.29. The van der Waals surface area contributed by atoms with Gasteiger partial charge in [0.15, 0.2) is 0 Å². The number of halogens is 1. The van der Waals surface area contributed by atoms with E-state index in [9.17, 15) is 14.0 Å². The molecule has 17 heavy (non-hydrogen) atoms. The van der Waals surface area contributed by atoms with Crippen molar-refractivity contribution in [3.63, 3.8) is 0 Å². The molecule has 1 heterocycles. The largest absolute Gasteiger partial charge is 0.481 e. The van der Waals surface area contributed by atoms with Crippen LogP contribution in [0.5, 0.6) is 0 Å². The number of nitrogens with zero attached hydrogens (tertiary/aromatic N) is 1. The van der Waals surface area contributed by atoms with E-state index in [2.05, 4.69) is 10.3 Å². The van der Waals surface area contributed by atoms with Crippen LogP contribution in [0.2, 0.25) is 0 Å². The Morgan fingerprint density at radius 2 is 2.12 bits per heavy atom. The number of nitrogens with one attached hydrogen (secondary N) is 1. The fourth-order valence-corrected chi connectivity index (χ4v) is 1.22. The molecule has 0 aliphatic carbocycles. The van der Waals surface area contributed by atoms with Crippen LogP contribution in [0.3, 0.4) is 0 Å². The normalized spacial score (nSPS) is 9.94. The van der Waals surface area contributed by atoms with Gasteiger partial charge in [-0.3, -0.25) is 9.59 Å². The van der Waals surface area contributed by atoms with E-state index < -0.39 is 11.9 Å². The Morgan fingerprint density at radius 1 is 1.35 bits per heavy atom. The van der Waals surface area contributed by atoms with E-state index in [0.717, 1.165) is 12.3 Å². The van der Waals surface area contributed by atoms with E-state index >= 15 is 0 Å². The second-order valence-corrected chi connectivity index (χ2v) is 3.48. The molecule has 0 aliphatic rings. The molecule has 0 bridgehead atoms. The first-order chi connectivity index (χ1) is 8.09. The topological polar surface area (TPSA) is 79.3 Å². The summed E-state index contributed by atoms with van der Waals surface area (Å²) in [6, 6.07) is 2.45. The predicted molar refractivity (Wildman–Crippen MR) is 58.0 cm³/mol. The molecule has 92 valence electrons. The van der Waals surface area contributed by atoms with Gasteiger partial charge in [0.2, 0.25) is 5.95 Å². The van der Waals surface area contributed by atoms with Gasteiger partial charge in [-0.2, -0.15) is 4.39 Å². The second kappa shape index (κ2) is 6.57. The van der Waals surface area contributed by atoms with Crippen LogP contribution in [0.15, 0.2) is 18.3 Å². The fourth-order valence-electron chi connectivity index (χ4n) is 1.22. The molecular formula is C11H13FN2O3. The third kappa shape index (κ3) is 5.05. The first-order valence-corrected chi connectivity index (χ1v) is 5.21. The molecule has 0 fully saturated rings. The monoisotopic (exact) mass is 240 g/mol. The first-order valence-electron chi connectivity index (χ1n) is 5.21. The third-order valence-electron chi connectivity index (χ3n) is 2.09. The Morgan fingerprint density at radius 3 is 2.71 bits per heavy atom. The van der Waals surface area contributed by atoms with Gasteiger partial charge < -0.3 is 10.4 Å². The van der Waals surface area contributed by atoms with Gasteiger partial charge in [0.25, 0.3) is 5.91 Å². The summed E-state index contributed by atoms with van der Waals surface area (Å²) in [6.45, 7) is 0.392. The first kappa shape index (κ1) is 13.1. The Hall–Kier alpha value is -1.98. The van der Waals surface area contributed by atoms with Crippen LogP contribution in [-0.2, 0) is 4.79 Å². The number of aliphatic carboxylic acids is 1. The van der Waals surface area contributed by atoms with E-state index in [1.165, 1.54) is 6.07 Å². The molecule has 0 aromatic carbocycles. The molecule has 6 heteroatoms. The van der Waals surface area contributed by atoms with Crippen molar-refractivity contribution in [3.8, 4) is 0 Å². The Balaban J connectivity index is 2.25. The van der Waals surface area contributed by atoms with Crippen LogP contribution in [-0.4, -0.2) is 28.5 Å². The summed E-state index contributed by atoms with van der Waals surface area (Å²) in [7, 11) is 0. The number of carbonyl (C=O) groups is 2. The van der Waals surface area contributed by atoms with Crippen molar-refractivity contribution in [2.75, 3.05) is 6.54 Å². The molecule has 1 aromatic heterocycles. The van der Waals surface area contributed by atoms with E-state index in [4.69, 9.17) is 5.11 Å². The summed E-state index contributed by atoms with van der Waals surface area (Å²) in [5, 5.41) is 11.0. The number of rotatable bonds is 6. The quantitative estimate of drug-likeness (QED) is 0.578. The van der Waals surface area contributed by atoms with Crippen molar-refractivity contribution in [2.45, 2.75) is 19.3 Å². The fraction of sp³-hybridized carbons (Fsp3) is 0.364. The number of aromatic nitrogens is 1. The number of hydrogen-bond donors (Lipinski definition) is 2. The zero-order valence-electron chi connectivity index (χ0n) is 9.15. The lowest BCUT2D eigenvalue weighted by Crippen LogP contribution is -2.24. The molecule has 0 saturated heterocycles. The zero-order chi connectivity index (χ0) is 12.7. The lowest BCUT2D eigenvalue weighted by Gasteiger charge is -2.03. The van der Waals surface area contributed by atoms with Crippen molar-refractivity contribution in [1.82, 2.24) is 10.3 Å². The molecule has 0 spiro atoms. The maximum atomic E-state index is 12.5. The van der Waals surface area contributed by atoms with Gasteiger partial charge in [-0.05, 0) is 25.0 Å². The van der Waals surface area contributed by atoms with Crippen molar-refractivity contribution in [1.29, 1.82) is 0 Å². The van der Waals surface area contributed by atoms with Crippen LogP contribution in [0.25, 0.3) is 0 Å². The molecule has 1 rings (SSSR count). The Labute approximate surface area is 97.7 Å². The van der Waals surface area contributed by atoms with E-state index in [-0.39, 0.29) is 17.9 Å². The zero-order valence-corrected chi connectivity index (χ0v) is 9.15. The minimum absolute atomic E-state index is 0.0912. The number of unbranched alkanes of at least 4 members (excludes halogenated alkanes) is 1. The summed E-state index contributed by atoms with van der Waals surface area (Å²) in [4.78, 5) is 25.0. The van der Waals surface area contributed by atoms with Crippen LogP contribution in [0.4, 0.5) is 4.39 Å². The Kier molecular flexibility index (Phi) is 5.06. The highest BCUT2D eigenvalue weighted by Crippen LogP contribution is 1.99. The van der Waals surface area contributed by atoms with Crippen molar-refractivity contribution in [2.24, 2.45) is 0 Å². The van der Waals surface area contributed by atoms with Crippen molar-refractivity contribution < 1.29 is 19.1 Å². The van der Waals surface area contributed by atoms with Crippen LogP contribution >= 0.6 is 0 Å².